The smallest absolute Gasteiger partial charge is 0.406 e. The molecule has 1 aliphatic carbocycles. The molecule has 2 saturated heterocycles. The summed E-state index contributed by atoms with van der Waals surface area (Å²) in [5.41, 5.74) is -0.943. The first-order valence-corrected chi connectivity index (χ1v) is 14.6. The highest BCUT2D eigenvalue weighted by Gasteiger charge is 2.34. The minimum absolute atomic E-state index is 0.00620. The van der Waals surface area contributed by atoms with Gasteiger partial charge in [-0.25, -0.2) is 9.07 Å². The molecule has 3 heterocycles. The van der Waals surface area contributed by atoms with Gasteiger partial charge in [-0.3, -0.25) is 4.79 Å². The number of anilines is 2. The number of aromatic nitrogens is 2. The summed E-state index contributed by atoms with van der Waals surface area (Å²) in [4.78, 5) is 15.3. The molecule has 0 radical (unpaired) electrons. The maximum absolute atomic E-state index is 14.9. The van der Waals surface area contributed by atoms with Crippen LogP contribution in [0.5, 0.6) is 5.75 Å². The molecule has 1 aromatic heterocycles. The topological polar surface area (TPSA) is 87.1 Å². The molecule has 0 unspecified atom stereocenters. The van der Waals surface area contributed by atoms with Gasteiger partial charge in [0, 0.05) is 24.9 Å². The molecule has 14 heteroatoms. The molecule has 5 rings (SSSR count). The van der Waals surface area contributed by atoms with Crippen LogP contribution in [-0.4, -0.2) is 80.1 Å². The van der Waals surface area contributed by atoms with Crippen molar-refractivity contribution in [3.05, 3.63) is 45.8 Å². The fraction of sp³-hybridized carbons (Fsp3) is 0.643. The van der Waals surface area contributed by atoms with Crippen LogP contribution in [0.1, 0.15) is 44.6 Å². The van der Waals surface area contributed by atoms with Crippen LogP contribution in [-0.2, 0) is 14.2 Å². The predicted octanol–water partition coefficient (Wildman–Crippen LogP) is 5.13. The van der Waals surface area contributed by atoms with Crippen molar-refractivity contribution in [2.24, 2.45) is 0 Å². The van der Waals surface area contributed by atoms with E-state index in [-0.39, 0.29) is 47.8 Å². The van der Waals surface area contributed by atoms with Gasteiger partial charge in [0.1, 0.15) is 10.8 Å². The molecule has 2 aliphatic heterocycles. The molecule has 0 amide bonds. The zero-order valence-electron chi connectivity index (χ0n) is 23.1. The first-order chi connectivity index (χ1) is 20.1. The zero-order valence-corrected chi connectivity index (χ0v) is 23.8. The largest absolute Gasteiger partial charge is 0.573 e. The standard InChI is InChI=1S/C28H35ClF4N4O5/c29-25-24(34-17-27(30)10-1-11-40-18-27)14-35-37(26(25)38)21-4-2-19(3-5-21)36(15-23-16-39-12-13-41-23)20-6-8-22(9-7-20)42-28(31,32)33/h6-9,14,19,21,23,34H,1-5,10-13,15-18H2/t19-,21-,23-,27+/m1/s1. The molecule has 1 aromatic carbocycles. The lowest BCUT2D eigenvalue weighted by Crippen LogP contribution is -2.46. The van der Waals surface area contributed by atoms with Crippen LogP contribution in [0.4, 0.5) is 28.9 Å². The van der Waals surface area contributed by atoms with Crippen molar-refractivity contribution in [3.63, 3.8) is 0 Å². The number of nitrogens with one attached hydrogen (secondary N) is 1. The van der Waals surface area contributed by atoms with Crippen LogP contribution in [0.2, 0.25) is 5.02 Å². The van der Waals surface area contributed by atoms with Gasteiger partial charge in [0.15, 0.2) is 5.67 Å². The van der Waals surface area contributed by atoms with Gasteiger partial charge in [0.25, 0.3) is 5.56 Å². The summed E-state index contributed by atoms with van der Waals surface area (Å²) < 4.78 is 75.0. The molecule has 1 saturated carbocycles. The number of hydrogen-bond acceptors (Lipinski definition) is 8. The maximum atomic E-state index is 14.9. The molecule has 1 N–H and O–H groups in total. The number of benzene rings is 1. The van der Waals surface area contributed by atoms with E-state index in [4.69, 9.17) is 25.8 Å². The number of hydrogen-bond donors (Lipinski definition) is 1. The summed E-state index contributed by atoms with van der Waals surface area (Å²) in [6, 6.07) is 5.68. The Kier molecular flexibility index (Phi) is 9.81. The molecular weight excluding hydrogens is 584 g/mol. The Morgan fingerprint density at radius 2 is 1.88 bits per heavy atom. The van der Waals surface area contributed by atoms with E-state index in [1.807, 2.05) is 0 Å². The Bertz CT molecular complexity index is 1230. The molecule has 0 spiro atoms. The number of nitrogens with zero attached hydrogens (tertiary/aromatic N) is 3. The Morgan fingerprint density at radius 3 is 2.52 bits per heavy atom. The summed E-state index contributed by atoms with van der Waals surface area (Å²) in [5, 5.41) is 7.25. The maximum Gasteiger partial charge on any atom is 0.573 e. The molecule has 2 aromatic rings. The van der Waals surface area contributed by atoms with E-state index in [1.165, 1.54) is 23.0 Å². The number of rotatable bonds is 9. The second kappa shape index (κ2) is 13.4. The Hall–Kier alpha value is -2.61. The van der Waals surface area contributed by atoms with Gasteiger partial charge in [0.2, 0.25) is 0 Å². The Morgan fingerprint density at radius 1 is 1.12 bits per heavy atom. The second-order valence-corrected chi connectivity index (χ2v) is 11.4. The molecule has 2 atom stereocenters. The first kappa shape index (κ1) is 30.8. The predicted molar refractivity (Wildman–Crippen MR) is 148 cm³/mol. The van der Waals surface area contributed by atoms with Crippen molar-refractivity contribution < 1.29 is 36.5 Å². The van der Waals surface area contributed by atoms with Crippen molar-refractivity contribution >= 4 is 23.0 Å². The Balaban J connectivity index is 1.25. The molecule has 232 valence electrons. The summed E-state index contributed by atoms with van der Waals surface area (Å²) in [6.45, 7) is 2.43. The van der Waals surface area contributed by atoms with Crippen LogP contribution < -0.4 is 20.5 Å². The van der Waals surface area contributed by atoms with Crippen LogP contribution in [0, 0.1) is 0 Å². The molecule has 42 heavy (non-hydrogen) atoms. The molecule has 0 bridgehead atoms. The third-order valence-electron chi connectivity index (χ3n) is 7.95. The van der Waals surface area contributed by atoms with E-state index in [0.717, 1.165) is 5.69 Å². The van der Waals surface area contributed by atoms with Crippen molar-refractivity contribution in [2.75, 3.05) is 56.3 Å². The van der Waals surface area contributed by atoms with E-state index in [9.17, 15) is 22.4 Å². The van der Waals surface area contributed by atoms with Crippen LogP contribution in [0.3, 0.4) is 0 Å². The zero-order chi connectivity index (χ0) is 29.7. The monoisotopic (exact) mass is 618 g/mol. The Labute approximate surface area is 246 Å². The van der Waals surface area contributed by atoms with Crippen molar-refractivity contribution in [1.82, 2.24) is 9.78 Å². The lowest BCUT2D eigenvalue weighted by molar-refractivity contribution is -0.274. The van der Waals surface area contributed by atoms with Gasteiger partial charge in [-0.15, -0.1) is 13.2 Å². The van der Waals surface area contributed by atoms with Gasteiger partial charge in [-0.1, -0.05) is 11.6 Å². The van der Waals surface area contributed by atoms with E-state index >= 15 is 0 Å². The summed E-state index contributed by atoms with van der Waals surface area (Å²) in [5.74, 6) is -0.291. The minimum atomic E-state index is -4.77. The molecule has 3 aliphatic rings. The lowest BCUT2D eigenvalue weighted by atomic mass is 9.89. The van der Waals surface area contributed by atoms with E-state index in [1.54, 1.807) is 12.1 Å². The highest BCUT2D eigenvalue weighted by atomic mass is 35.5. The van der Waals surface area contributed by atoms with Crippen molar-refractivity contribution in [1.29, 1.82) is 0 Å². The van der Waals surface area contributed by atoms with Gasteiger partial charge in [0.05, 0.1) is 57.0 Å². The minimum Gasteiger partial charge on any atom is -0.406 e. The SMILES string of the molecule is O=c1c(Cl)c(NC[C@@]2(F)CCCOC2)cnn1[C@H]1CC[C@H](N(C[C@@H]2COCCO2)c2ccc(OC(F)(F)F)cc2)CC1. The summed E-state index contributed by atoms with van der Waals surface area (Å²) in [6.07, 6.45) is 0.187. The van der Waals surface area contributed by atoms with Crippen LogP contribution in [0.25, 0.3) is 0 Å². The second-order valence-electron chi connectivity index (χ2n) is 11.0. The number of halogens is 5. The van der Waals surface area contributed by atoms with Crippen LogP contribution in [0.15, 0.2) is 35.3 Å². The van der Waals surface area contributed by atoms with Crippen LogP contribution >= 0.6 is 11.6 Å². The fourth-order valence-electron chi connectivity index (χ4n) is 5.82. The third kappa shape index (κ3) is 7.86. The van der Waals surface area contributed by atoms with Gasteiger partial charge >= 0.3 is 6.36 Å². The summed E-state index contributed by atoms with van der Waals surface area (Å²) >= 11 is 6.40. The van der Waals surface area contributed by atoms with Gasteiger partial charge in [-0.2, -0.15) is 5.10 Å². The van der Waals surface area contributed by atoms with E-state index < -0.39 is 17.6 Å². The summed E-state index contributed by atoms with van der Waals surface area (Å²) in [7, 11) is 0. The normalized spacial score (nSPS) is 26.9. The lowest BCUT2D eigenvalue weighted by Gasteiger charge is -2.40. The first-order valence-electron chi connectivity index (χ1n) is 14.2. The van der Waals surface area contributed by atoms with E-state index in [0.29, 0.717) is 71.5 Å². The van der Waals surface area contributed by atoms with Crippen molar-refractivity contribution in [2.45, 2.75) is 68.7 Å². The molecule has 9 nitrogen and oxygen atoms in total. The molecular formula is C28H35ClF4N4O5. The third-order valence-corrected chi connectivity index (χ3v) is 8.32. The van der Waals surface area contributed by atoms with Gasteiger partial charge < -0.3 is 29.2 Å². The van der Waals surface area contributed by atoms with E-state index in [2.05, 4.69) is 20.1 Å². The van der Waals surface area contributed by atoms with Gasteiger partial charge in [-0.05, 0) is 62.8 Å². The number of ether oxygens (including phenoxy) is 4. The quantitative estimate of drug-likeness (QED) is 0.387. The molecule has 3 fully saturated rings. The van der Waals surface area contributed by atoms with Crippen molar-refractivity contribution in [3.8, 4) is 5.75 Å². The average molecular weight is 619 g/mol. The average Bonchev–Trinajstić information content (AvgIpc) is 2.98. The fourth-order valence-corrected chi connectivity index (χ4v) is 6.02. The highest BCUT2D eigenvalue weighted by Crippen LogP contribution is 2.35. The highest BCUT2D eigenvalue weighted by molar-refractivity contribution is 6.32. The number of alkyl halides is 4.